The van der Waals surface area contributed by atoms with Gasteiger partial charge in [-0.2, -0.15) is 0 Å². The Kier molecular flexibility index (Phi) is 11.7. The molecular weight excluding hydrogens is 307 g/mol. The summed E-state index contributed by atoms with van der Waals surface area (Å²) in [5.74, 6) is 0. The molecule has 5 heteroatoms. The van der Waals surface area contributed by atoms with Crippen LogP contribution in [-0.2, 0) is 24.9 Å². The van der Waals surface area contributed by atoms with Gasteiger partial charge in [0.05, 0.1) is 0 Å². The topological polar surface area (TPSA) is 9.23 Å². The summed E-state index contributed by atoms with van der Waals surface area (Å²) in [4.78, 5) is 0. The average Bonchev–Trinajstić information content (AvgIpc) is 2.51. The first-order valence-corrected chi connectivity index (χ1v) is 9.69. The third-order valence-electron chi connectivity index (χ3n) is 2.79. The van der Waals surface area contributed by atoms with Crippen LogP contribution < -0.4 is 24.8 Å². The normalized spacial score (nSPS) is 14.6. The Bertz CT molecular complexity index is 278. The molecule has 0 aromatic carbocycles. The largest absolute Gasteiger partial charge is 1.00 e. The van der Waals surface area contributed by atoms with Crippen molar-refractivity contribution in [2.75, 3.05) is 6.61 Å². The summed E-state index contributed by atoms with van der Waals surface area (Å²) in [6.45, 7) is 7.62. The molecule has 0 atom stereocenters. The SMILES string of the molecule is CCO[Si](C)(C)CCCC1=[C]([Ti+2])CC=C1.[Cl-].[Cl-]. The fourth-order valence-electron chi connectivity index (χ4n) is 1.95. The molecule has 0 radical (unpaired) electrons. The van der Waals surface area contributed by atoms with Crippen LogP contribution in [0.3, 0.4) is 0 Å². The fourth-order valence-corrected chi connectivity index (χ4v) is 4.42. The molecule has 0 N–H and O–H groups in total. The van der Waals surface area contributed by atoms with Gasteiger partial charge in [0.1, 0.15) is 0 Å². The van der Waals surface area contributed by atoms with Crippen molar-refractivity contribution in [2.45, 2.75) is 45.3 Å². The van der Waals surface area contributed by atoms with E-state index in [2.05, 4.69) is 52.6 Å². The number of hydrogen-bond acceptors (Lipinski definition) is 1. The first kappa shape index (κ1) is 20.3. The van der Waals surface area contributed by atoms with E-state index in [1.807, 2.05) is 0 Å². The van der Waals surface area contributed by atoms with Gasteiger partial charge in [0.2, 0.25) is 0 Å². The zero-order valence-electron chi connectivity index (χ0n) is 10.9. The second-order valence-electron chi connectivity index (χ2n) is 4.66. The van der Waals surface area contributed by atoms with E-state index < -0.39 is 8.32 Å². The van der Waals surface area contributed by atoms with Crippen molar-refractivity contribution in [3.05, 3.63) is 21.6 Å². The van der Waals surface area contributed by atoms with E-state index in [0.717, 1.165) is 6.61 Å². The van der Waals surface area contributed by atoms with Gasteiger partial charge < -0.3 is 24.8 Å². The second-order valence-corrected chi connectivity index (χ2v) is 9.91. The number of halogens is 2. The van der Waals surface area contributed by atoms with Crippen LogP contribution in [0.4, 0.5) is 0 Å². The van der Waals surface area contributed by atoms with Gasteiger partial charge in [-0.05, 0) is 0 Å². The molecule has 0 unspecified atom stereocenters. The van der Waals surface area contributed by atoms with Gasteiger partial charge in [0, 0.05) is 0 Å². The third-order valence-corrected chi connectivity index (χ3v) is 6.24. The molecule has 1 aliphatic carbocycles. The van der Waals surface area contributed by atoms with Crippen LogP contribution in [-0.4, -0.2) is 14.9 Å². The monoisotopic (exact) mass is 327 g/mol. The maximum atomic E-state index is 5.83. The van der Waals surface area contributed by atoms with E-state index in [-0.39, 0.29) is 24.8 Å². The van der Waals surface area contributed by atoms with Gasteiger partial charge in [-0.25, -0.2) is 0 Å². The molecule has 0 fully saturated rings. The van der Waals surface area contributed by atoms with Gasteiger partial charge in [-0.1, -0.05) is 0 Å². The van der Waals surface area contributed by atoms with Crippen molar-refractivity contribution in [1.82, 2.24) is 0 Å². The first-order chi connectivity index (χ1) is 7.05. The molecule has 1 rings (SSSR count). The molecule has 0 aromatic rings. The maximum Gasteiger partial charge on any atom is -1.00 e. The summed E-state index contributed by atoms with van der Waals surface area (Å²) in [5.41, 5.74) is 1.57. The van der Waals surface area contributed by atoms with Gasteiger partial charge >= 0.3 is 107 Å². The van der Waals surface area contributed by atoms with E-state index in [1.54, 1.807) is 9.45 Å². The summed E-state index contributed by atoms with van der Waals surface area (Å²) in [6, 6.07) is 1.28. The molecule has 0 amide bonds. The van der Waals surface area contributed by atoms with Crippen molar-refractivity contribution >= 4 is 8.32 Å². The molecule has 0 aromatic heterocycles. The average molecular weight is 328 g/mol. The van der Waals surface area contributed by atoms with Crippen LogP contribution in [0, 0.1) is 0 Å². The summed E-state index contributed by atoms with van der Waals surface area (Å²) in [6.07, 6.45) is 8.27. The van der Waals surface area contributed by atoms with E-state index in [0.29, 0.717) is 0 Å². The standard InChI is InChI=1S/C12H21OSi.2ClH.Ti/c1-4-13-14(2,3)11-7-10-12-8-5-6-9-12;;;/h5,8H,4,6-7,10-11H2,1-3H3;2*1H;/q;;;+2/p-2. The van der Waals surface area contributed by atoms with Crippen molar-refractivity contribution in [1.29, 1.82) is 0 Å². The first-order valence-electron chi connectivity index (χ1n) is 5.79. The quantitative estimate of drug-likeness (QED) is 0.502. The summed E-state index contributed by atoms with van der Waals surface area (Å²) >= 11 is 2.25. The minimum atomic E-state index is -1.34. The molecule has 0 aliphatic heterocycles. The van der Waals surface area contributed by atoms with Crippen LogP contribution >= 0.6 is 0 Å². The molecule has 0 saturated carbocycles. The van der Waals surface area contributed by atoms with Crippen LogP contribution in [0.15, 0.2) is 21.6 Å². The molecular formula is C12H21Cl2OSiTi. The van der Waals surface area contributed by atoms with E-state index in [1.165, 1.54) is 25.3 Å². The Labute approximate surface area is 131 Å². The molecule has 0 saturated heterocycles. The molecule has 0 spiro atoms. The molecule has 0 heterocycles. The van der Waals surface area contributed by atoms with Gasteiger partial charge in [0.25, 0.3) is 0 Å². The van der Waals surface area contributed by atoms with E-state index in [4.69, 9.17) is 4.43 Å². The fraction of sp³-hybridized carbons (Fsp3) is 0.667. The zero-order chi connectivity index (χ0) is 11.3. The Balaban J connectivity index is 0. The zero-order valence-corrected chi connectivity index (χ0v) is 14.9. The van der Waals surface area contributed by atoms with Crippen LogP contribution in [0.1, 0.15) is 26.2 Å². The Morgan fingerprint density at radius 1 is 1.35 bits per heavy atom. The van der Waals surface area contributed by atoms with Crippen molar-refractivity contribution < 1.29 is 49.7 Å². The molecule has 0 bridgehead atoms. The summed E-state index contributed by atoms with van der Waals surface area (Å²) < 4.78 is 7.39. The minimum Gasteiger partial charge on any atom is -1.00 e. The van der Waals surface area contributed by atoms with Crippen molar-refractivity contribution in [3.63, 3.8) is 0 Å². The van der Waals surface area contributed by atoms with Crippen LogP contribution in [0.2, 0.25) is 19.1 Å². The number of hydrogen-bond donors (Lipinski definition) is 0. The predicted octanol–water partition coefficient (Wildman–Crippen LogP) is -2.22. The number of allylic oxidation sites excluding steroid dienone is 4. The van der Waals surface area contributed by atoms with Crippen molar-refractivity contribution in [3.8, 4) is 0 Å². The molecule has 17 heavy (non-hydrogen) atoms. The van der Waals surface area contributed by atoms with Gasteiger partial charge in [-0.3, -0.25) is 0 Å². The molecule has 1 nitrogen and oxygen atoms in total. The smallest absolute Gasteiger partial charge is 1.00 e. The maximum absolute atomic E-state index is 5.83. The Morgan fingerprint density at radius 3 is 2.47 bits per heavy atom. The van der Waals surface area contributed by atoms with Gasteiger partial charge in [-0.15, -0.1) is 0 Å². The molecule has 1 aliphatic rings. The van der Waals surface area contributed by atoms with E-state index >= 15 is 0 Å². The molecule has 97 valence electrons. The van der Waals surface area contributed by atoms with E-state index in [9.17, 15) is 0 Å². The predicted molar refractivity (Wildman–Crippen MR) is 63.9 cm³/mol. The summed E-state index contributed by atoms with van der Waals surface area (Å²) in [5, 5.41) is 0. The van der Waals surface area contributed by atoms with Crippen LogP contribution in [0.25, 0.3) is 0 Å². The number of rotatable bonds is 6. The Hall–Kier alpha value is 0.951. The Morgan fingerprint density at radius 2 is 2.00 bits per heavy atom. The summed E-state index contributed by atoms with van der Waals surface area (Å²) in [7, 11) is -1.34. The van der Waals surface area contributed by atoms with Crippen molar-refractivity contribution in [2.24, 2.45) is 0 Å². The second kappa shape index (κ2) is 9.83. The minimum absolute atomic E-state index is 0. The van der Waals surface area contributed by atoms with Gasteiger partial charge in [0.15, 0.2) is 0 Å². The third kappa shape index (κ3) is 7.86. The van der Waals surface area contributed by atoms with Crippen LogP contribution in [0.5, 0.6) is 0 Å².